The summed E-state index contributed by atoms with van der Waals surface area (Å²) in [6.07, 6.45) is 5.51. The van der Waals surface area contributed by atoms with Crippen LogP contribution >= 0.6 is 0 Å². The van der Waals surface area contributed by atoms with Gasteiger partial charge in [0.25, 0.3) is 0 Å². The maximum absolute atomic E-state index is 12.0. The monoisotopic (exact) mass is 343 g/mol. The van der Waals surface area contributed by atoms with Crippen molar-refractivity contribution in [3.63, 3.8) is 0 Å². The lowest BCUT2D eigenvalue weighted by molar-refractivity contribution is -0.117. The van der Waals surface area contributed by atoms with Gasteiger partial charge in [0, 0.05) is 11.5 Å². The van der Waals surface area contributed by atoms with Gasteiger partial charge in [0.1, 0.15) is 11.4 Å². The second-order valence-electron chi connectivity index (χ2n) is 6.59. The highest BCUT2D eigenvalue weighted by Crippen LogP contribution is 2.31. The van der Waals surface area contributed by atoms with Gasteiger partial charge in [-0.2, -0.15) is 0 Å². The number of anilines is 1. The van der Waals surface area contributed by atoms with Crippen molar-refractivity contribution in [3.8, 4) is 22.6 Å². The van der Waals surface area contributed by atoms with Crippen molar-refractivity contribution in [3.05, 3.63) is 67.1 Å². The first kappa shape index (κ1) is 15.0. The van der Waals surface area contributed by atoms with Gasteiger partial charge in [-0.3, -0.25) is 9.20 Å². The van der Waals surface area contributed by atoms with Gasteiger partial charge in [0.05, 0.1) is 18.2 Å². The zero-order valence-electron chi connectivity index (χ0n) is 14.1. The maximum atomic E-state index is 12.0. The first-order valence-electron chi connectivity index (χ1n) is 8.71. The van der Waals surface area contributed by atoms with Gasteiger partial charge >= 0.3 is 0 Å². The number of hydrogen-bond donors (Lipinski definition) is 1. The Hall–Kier alpha value is -3.34. The minimum absolute atomic E-state index is 0.0646. The highest BCUT2D eigenvalue weighted by molar-refractivity contribution is 5.93. The summed E-state index contributed by atoms with van der Waals surface area (Å²) in [6.45, 7) is 0. The van der Waals surface area contributed by atoms with Crippen molar-refractivity contribution in [1.82, 2.24) is 9.38 Å². The Bertz CT molecular complexity index is 1090. The number of carbonyl (C=O) groups excluding carboxylic acids is 1. The number of amides is 1. The summed E-state index contributed by atoms with van der Waals surface area (Å²) in [5, 5.41) is 2.92. The fourth-order valence-electron chi connectivity index (χ4n) is 3.15. The third kappa shape index (κ3) is 2.67. The van der Waals surface area contributed by atoms with E-state index in [0.29, 0.717) is 5.82 Å². The fraction of sp³-hybridized carbons (Fsp3) is 0.143. The highest BCUT2D eigenvalue weighted by atomic mass is 16.3. The molecule has 1 fully saturated rings. The van der Waals surface area contributed by atoms with E-state index in [9.17, 15) is 4.79 Å². The minimum Gasteiger partial charge on any atom is -0.464 e. The lowest BCUT2D eigenvalue weighted by Crippen LogP contribution is -2.13. The molecule has 0 saturated heterocycles. The molecule has 3 aromatic heterocycles. The van der Waals surface area contributed by atoms with Crippen LogP contribution in [0.1, 0.15) is 12.8 Å². The number of carbonyl (C=O) groups is 1. The largest absolute Gasteiger partial charge is 0.464 e. The van der Waals surface area contributed by atoms with E-state index in [1.807, 2.05) is 53.1 Å². The van der Waals surface area contributed by atoms with Crippen LogP contribution in [0.4, 0.5) is 5.82 Å². The van der Waals surface area contributed by atoms with E-state index in [2.05, 4.69) is 22.4 Å². The summed E-state index contributed by atoms with van der Waals surface area (Å²) in [7, 11) is 0. The van der Waals surface area contributed by atoms with Gasteiger partial charge in [0.15, 0.2) is 5.82 Å². The van der Waals surface area contributed by atoms with Crippen molar-refractivity contribution in [2.75, 3.05) is 5.32 Å². The van der Waals surface area contributed by atoms with E-state index < -0.39 is 0 Å². The zero-order valence-corrected chi connectivity index (χ0v) is 14.1. The lowest BCUT2D eigenvalue weighted by atomic mass is 10.1. The Morgan fingerprint density at radius 2 is 1.92 bits per heavy atom. The van der Waals surface area contributed by atoms with E-state index >= 15 is 0 Å². The predicted octanol–water partition coefficient (Wildman–Crippen LogP) is 4.61. The molecule has 3 heterocycles. The summed E-state index contributed by atoms with van der Waals surface area (Å²) in [6, 6.07) is 18.0. The van der Waals surface area contributed by atoms with Gasteiger partial charge in [-0.15, -0.1) is 0 Å². The second-order valence-corrected chi connectivity index (χ2v) is 6.59. The predicted molar refractivity (Wildman–Crippen MR) is 99.7 cm³/mol. The zero-order chi connectivity index (χ0) is 17.5. The standard InChI is InChI=1S/C21H17N3O2/c25-21(14-9-10-14)23-19-13-24-17(6-2-8-20(24)22-19)15-4-1-5-16(12-15)18-7-3-11-26-18/h1-8,11-14H,9-10H2,(H,23,25). The van der Waals surface area contributed by atoms with Crippen LogP contribution in [0.15, 0.2) is 71.5 Å². The SMILES string of the molecule is O=C(Nc1cn2c(-c3cccc(-c4ccco4)c3)cccc2n1)C1CC1. The molecule has 0 atom stereocenters. The highest BCUT2D eigenvalue weighted by Gasteiger charge is 2.30. The maximum Gasteiger partial charge on any atom is 0.228 e. The Balaban J connectivity index is 1.55. The molecule has 5 nitrogen and oxygen atoms in total. The van der Waals surface area contributed by atoms with Crippen molar-refractivity contribution >= 4 is 17.4 Å². The number of hydrogen-bond acceptors (Lipinski definition) is 3. The van der Waals surface area contributed by atoms with Gasteiger partial charge < -0.3 is 9.73 Å². The molecule has 1 N–H and O–H groups in total. The number of imidazole rings is 1. The van der Waals surface area contributed by atoms with Crippen LogP contribution in [0.2, 0.25) is 0 Å². The van der Waals surface area contributed by atoms with Crippen LogP contribution in [0.3, 0.4) is 0 Å². The molecular formula is C21H17N3O2. The number of benzene rings is 1. The summed E-state index contributed by atoms with van der Waals surface area (Å²) in [5.41, 5.74) is 3.89. The third-order valence-corrected chi connectivity index (χ3v) is 4.66. The van der Waals surface area contributed by atoms with E-state index in [1.54, 1.807) is 6.26 Å². The Labute approximate surface area is 150 Å². The molecule has 0 aliphatic heterocycles. The van der Waals surface area contributed by atoms with E-state index in [1.165, 1.54) is 0 Å². The molecule has 1 aliphatic carbocycles. The number of pyridine rings is 1. The number of furan rings is 1. The molecule has 1 aliphatic rings. The van der Waals surface area contributed by atoms with Crippen molar-refractivity contribution < 1.29 is 9.21 Å². The topological polar surface area (TPSA) is 59.5 Å². The fourth-order valence-corrected chi connectivity index (χ4v) is 3.15. The molecule has 4 aromatic rings. The molecule has 0 radical (unpaired) electrons. The summed E-state index contributed by atoms with van der Waals surface area (Å²) in [5.74, 6) is 1.65. The normalized spacial score (nSPS) is 13.8. The molecule has 128 valence electrons. The molecule has 26 heavy (non-hydrogen) atoms. The van der Waals surface area contributed by atoms with Gasteiger partial charge in [-0.25, -0.2) is 4.98 Å². The summed E-state index contributed by atoms with van der Waals surface area (Å²) in [4.78, 5) is 16.5. The van der Waals surface area contributed by atoms with E-state index in [4.69, 9.17) is 4.42 Å². The van der Waals surface area contributed by atoms with Crippen LogP contribution < -0.4 is 5.32 Å². The van der Waals surface area contributed by atoms with Crippen LogP contribution in [-0.2, 0) is 4.79 Å². The van der Waals surface area contributed by atoms with Crippen molar-refractivity contribution in [2.45, 2.75) is 12.8 Å². The number of fused-ring (bicyclic) bond motifs is 1. The summed E-state index contributed by atoms with van der Waals surface area (Å²) < 4.78 is 7.51. The smallest absolute Gasteiger partial charge is 0.228 e. The molecule has 5 rings (SSSR count). The lowest BCUT2D eigenvalue weighted by Gasteiger charge is -2.07. The Morgan fingerprint density at radius 3 is 2.73 bits per heavy atom. The first-order chi connectivity index (χ1) is 12.8. The van der Waals surface area contributed by atoms with Crippen molar-refractivity contribution in [1.29, 1.82) is 0 Å². The average Bonchev–Trinajstić information content (AvgIpc) is 3.21. The Kier molecular flexibility index (Phi) is 3.38. The Morgan fingerprint density at radius 1 is 1.08 bits per heavy atom. The van der Waals surface area contributed by atoms with E-state index in [0.717, 1.165) is 41.1 Å². The second kappa shape index (κ2) is 5.88. The van der Waals surface area contributed by atoms with Gasteiger partial charge in [-0.1, -0.05) is 24.3 Å². The minimum atomic E-state index is 0.0646. The molecule has 1 aromatic carbocycles. The van der Waals surface area contributed by atoms with Crippen LogP contribution in [-0.4, -0.2) is 15.3 Å². The number of nitrogens with zero attached hydrogens (tertiary/aromatic N) is 2. The van der Waals surface area contributed by atoms with Crippen LogP contribution in [0.5, 0.6) is 0 Å². The molecule has 0 spiro atoms. The first-order valence-corrected chi connectivity index (χ1v) is 8.71. The molecule has 5 heteroatoms. The quantitative estimate of drug-likeness (QED) is 0.589. The van der Waals surface area contributed by atoms with Gasteiger partial charge in [0.2, 0.25) is 5.91 Å². The summed E-state index contributed by atoms with van der Waals surface area (Å²) >= 11 is 0. The molecule has 1 saturated carbocycles. The molecule has 0 unspecified atom stereocenters. The van der Waals surface area contributed by atoms with E-state index in [-0.39, 0.29) is 11.8 Å². The number of rotatable bonds is 4. The number of aromatic nitrogens is 2. The van der Waals surface area contributed by atoms with Crippen molar-refractivity contribution in [2.24, 2.45) is 5.92 Å². The molecule has 1 amide bonds. The molecular weight excluding hydrogens is 326 g/mol. The average molecular weight is 343 g/mol. The third-order valence-electron chi connectivity index (χ3n) is 4.66. The van der Waals surface area contributed by atoms with Crippen LogP contribution in [0.25, 0.3) is 28.2 Å². The van der Waals surface area contributed by atoms with Gasteiger partial charge in [-0.05, 0) is 48.7 Å². The number of nitrogens with one attached hydrogen (secondary N) is 1. The van der Waals surface area contributed by atoms with Crippen LogP contribution in [0, 0.1) is 5.92 Å². The molecule has 0 bridgehead atoms.